The van der Waals surface area contributed by atoms with E-state index in [-0.39, 0.29) is 17.5 Å². The Hall–Kier alpha value is -0.980. The minimum absolute atomic E-state index is 0.0286. The Labute approximate surface area is 108 Å². The van der Waals surface area contributed by atoms with Crippen molar-refractivity contribution < 1.29 is 12.8 Å². The first-order chi connectivity index (χ1) is 8.27. The van der Waals surface area contributed by atoms with Crippen LogP contribution in [-0.2, 0) is 10.0 Å². The molecule has 0 aliphatic carbocycles. The van der Waals surface area contributed by atoms with E-state index < -0.39 is 15.8 Å². The smallest absolute Gasteiger partial charge is 0.241 e. The number of likely N-dealkylation sites (N-methyl/N-ethyl adjacent to an activating group) is 1. The lowest BCUT2D eigenvalue weighted by atomic mass is 10.1. The molecule has 0 aliphatic rings. The molecule has 1 atom stereocenters. The number of sulfonamides is 1. The van der Waals surface area contributed by atoms with Gasteiger partial charge in [-0.15, -0.1) is 0 Å². The summed E-state index contributed by atoms with van der Waals surface area (Å²) in [6, 6.07) is 2.48. The summed E-state index contributed by atoms with van der Waals surface area (Å²) >= 11 is 0. The van der Waals surface area contributed by atoms with Crippen LogP contribution in [0.25, 0.3) is 0 Å². The number of benzene rings is 1. The monoisotopic (exact) mass is 274 g/mol. The molecule has 0 radical (unpaired) electrons. The number of rotatable bonds is 5. The molecule has 2 N–H and O–H groups in total. The van der Waals surface area contributed by atoms with Crippen LogP contribution in [-0.4, -0.2) is 28.1 Å². The molecule has 1 rings (SSSR count). The molecular formula is C12H19FN2O2S. The molecule has 0 saturated carbocycles. The minimum Gasteiger partial charge on any atom is -0.316 e. The fourth-order valence-corrected chi connectivity index (χ4v) is 3.31. The molecule has 1 aromatic rings. The zero-order valence-electron chi connectivity index (χ0n) is 11.0. The third-order valence-corrected chi connectivity index (χ3v) is 4.49. The predicted molar refractivity (Wildman–Crippen MR) is 69.6 cm³/mol. The predicted octanol–water partition coefficient (Wildman–Crippen LogP) is 1.33. The van der Waals surface area contributed by atoms with Gasteiger partial charge in [0.05, 0.1) is 4.90 Å². The van der Waals surface area contributed by atoms with Gasteiger partial charge in [-0.05, 0) is 51.1 Å². The lowest BCUT2D eigenvalue weighted by Gasteiger charge is -2.15. The van der Waals surface area contributed by atoms with Crippen LogP contribution in [0.4, 0.5) is 4.39 Å². The molecule has 0 fully saturated rings. The summed E-state index contributed by atoms with van der Waals surface area (Å²) in [7, 11) is -1.84. The highest BCUT2D eigenvalue weighted by Crippen LogP contribution is 2.21. The maximum Gasteiger partial charge on any atom is 0.241 e. The van der Waals surface area contributed by atoms with Crippen molar-refractivity contribution in [2.24, 2.45) is 0 Å². The molecule has 6 heteroatoms. The molecule has 1 unspecified atom stereocenters. The first-order valence-electron chi connectivity index (χ1n) is 5.71. The van der Waals surface area contributed by atoms with Crippen LogP contribution in [0.1, 0.15) is 18.1 Å². The van der Waals surface area contributed by atoms with E-state index in [0.717, 1.165) is 0 Å². The third-order valence-electron chi connectivity index (χ3n) is 2.77. The number of hydrogen-bond acceptors (Lipinski definition) is 3. The zero-order chi connectivity index (χ0) is 13.9. The third kappa shape index (κ3) is 3.51. The Morgan fingerprint density at radius 3 is 2.22 bits per heavy atom. The van der Waals surface area contributed by atoms with Gasteiger partial charge in [0.2, 0.25) is 10.0 Å². The van der Waals surface area contributed by atoms with Crippen molar-refractivity contribution in [1.29, 1.82) is 0 Å². The van der Waals surface area contributed by atoms with Crippen LogP contribution in [0.15, 0.2) is 17.0 Å². The fourth-order valence-electron chi connectivity index (χ4n) is 1.73. The normalized spacial score (nSPS) is 13.6. The van der Waals surface area contributed by atoms with Gasteiger partial charge in [-0.3, -0.25) is 0 Å². The maximum absolute atomic E-state index is 13.1. The average Bonchev–Trinajstić information content (AvgIpc) is 2.24. The van der Waals surface area contributed by atoms with Crippen molar-refractivity contribution in [3.05, 3.63) is 29.1 Å². The molecule has 0 bridgehead atoms. The fraction of sp³-hybridized carbons (Fsp3) is 0.500. The van der Waals surface area contributed by atoms with Gasteiger partial charge in [0, 0.05) is 12.6 Å². The lowest BCUT2D eigenvalue weighted by molar-refractivity contribution is 0.552. The molecule has 4 nitrogen and oxygen atoms in total. The van der Waals surface area contributed by atoms with E-state index in [1.54, 1.807) is 20.9 Å². The molecule has 0 spiro atoms. The maximum atomic E-state index is 13.1. The van der Waals surface area contributed by atoms with Crippen LogP contribution >= 0.6 is 0 Å². The standard InChI is InChI=1S/C12H19FN2O2S/c1-8-5-11(13)6-9(2)12(8)18(16,17)15-7-10(3)14-4/h5-6,10,14-15H,7H2,1-4H3. The zero-order valence-corrected chi connectivity index (χ0v) is 11.9. The summed E-state index contributed by atoms with van der Waals surface area (Å²) < 4.78 is 39.9. The summed E-state index contributed by atoms with van der Waals surface area (Å²) in [4.78, 5) is 0.159. The molecule has 0 heterocycles. The minimum atomic E-state index is -3.60. The van der Waals surface area contributed by atoms with Crippen LogP contribution in [0, 0.1) is 19.7 Å². The molecular weight excluding hydrogens is 255 g/mol. The topological polar surface area (TPSA) is 58.2 Å². The van der Waals surface area contributed by atoms with Crippen molar-refractivity contribution in [2.75, 3.05) is 13.6 Å². The van der Waals surface area contributed by atoms with Crippen LogP contribution < -0.4 is 10.0 Å². The van der Waals surface area contributed by atoms with Crippen molar-refractivity contribution in [3.8, 4) is 0 Å². The van der Waals surface area contributed by atoms with Gasteiger partial charge in [-0.2, -0.15) is 0 Å². The summed E-state index contributed by atoms with van der Waals surface area (Å²) in [6.07, 6.45) is 0. The van der Waals surface area contributed by atoms with Crippen molar-refractivity contribution >= 4 is 10.0 Å². The Balaban J connectivity index is 3.06. The SMILES string of the molecule is CNC(C)CNS(=O)(=O)c1c(C)cc(F)cc1C. The van der Waals surface area contributed by atoms with Gasteiger partial charge >= 0.3 is 0 Å². The first kappa shape index (κ1) is 15.1. The number of hydrogen-bond donors (Lipinski definition) is 2. The van der Waals surface area contributed by atoms with Gasteiger partial charge in [0.15, 0.2) is 0 Å². The van der Waals surface area contributed by atoms with E-state index in [0.29, 0.717) is 11.1 Å². The quantitative estimate of drug-likeness (QED) is 0.851. The van der Waals surface area contributed by atoms with Gasteiger partial charge in [0.25, 0.3) is 0 Å². The molecule has 0 aromatic heterocycles. The first-order valence-corrected chi connectivity index (χ1v) is 7.20. The molecule has 102 valence electrons. The Morgan fingerprint density at radius 1 is 1.28 bits per heavy atom. The van der Waals surface area contributed by atoms with E-state index in [4.69, 9.17) is 0 Å². The summed E-state index contributed by atoms with van der Waals surface area (Å²) in [6.45, 7) is 5.33. The van der Waals surface area contributed by atoms with Gasteiger partial charge in [0.1, 0.15) is 5.82 Å². The van der Waals surface area contributed by atoms with Crippen molar-refractivity contribution in [3.63, 3.8) is 0 Å². The van der Waals surface area contributed by atoms with Crippen molar-refractivity contribution in [2.45, 2.75) is 31.7 Å². The Bertz CT molecular complexity index is 506. The van der Waals surface area contributed by atoms with Gasteiger partial charge in [-0.1, -0.05) is 0 Å². The van der Waals surface area contributed by atoms with Crippen molar-refractivity contribution in [1.82, 2.24) is 10.0 Å². The van der Waals surface area contributed by atoms with E-state index in [1.165, 1.54) is 12.1 Å². The second-order valence-corrected chi connectivity index (χ2v) is 6.11. The molecule has 0 aliphatic heterocycles. The van der Waals surface area contributed by atoms with Crippen LogP contribution in [0.5, 0.6) is 0 Å². The van der Waals surface area contributed by atoms with E-state index in [9.17, 15) is 12.8 Å². The largest absolute Gasteiger partial charge is 0.316 e. The Kier molecular flexibility index (Phi) is 4.84. The van der Waals surface area contributed by atoms with Gasteiger partial charge < -0.3 is 5.32 Å². The highest BCUT2D eigenvalue weighted by atomic mass is 32.2. The second kappa shape index (κ2) is 5.77. The summed E-state index contributed by atoms with van der Waals surface area (Å²) in [5.74, 6) is -0.424. The molecule has 1 aromatic carbocycles. The van der Waals surface area contributed by atoms with Crippen LogP contribution in [0.3, 0.4) is 0 Å². The Morgan fingerprint density at radius 2 is 1.78 bits per heavy atom. The second-order valence-electron chi connectivity index (χ2n) is 4.41. The van der Waals surface area contributed by atoms with E-state index >= 15 is 0 Å². The van der Waals surface area contributed by atoms with E-state index in [1.807, 2.05) is 6.92 Å². The van der Waals surface area contributed by atoms with Crippen LogP contribution in [0.2, 0.25) is 0 Å². The highest BCUT2D eigenvalue weighted by molar-refractivity contribution is 7.89. The number of nitrogens with one attached hydrogen (secondary N) is 2. The molecule has 18 heavy (non-hydrogen) atoms. The molecule has 0 amide bonds. The molecule has 0 saturated heterocycles. The summed E-state index contributed by atoms with van der Waals surface area (Å²) in [5.41, 5.74) is 0.828. The number of halogens is 1. The van der Waals surface area contributed by atoms with Gasteiger partial charge in [-0.25, -0.2) is 17.5 Å². The average molecular weight is 274 g/mol. The lowest BCUT2D eigenvalue weighted by Crippen LogP contribution is -2.37. The number of aryl methyl sites for hydroxylation is 2. The summed E-state index contributed by atoms with van der Waals surface area (Å²) in [5, 5.41) is 2.94. The highest BCUT2D eigenvalue weighted by Gasteiger charge is 2.20. The van der Waals surface area contributed by atoms with E-state index in [2.05, 4.69) is 10.0 Å².